The minimum Gasteiger partial charge on any atom is -0.265 e. The highest BCUT2D eigenvalue weighted by Gasteiger charge is 2.15. The zero-order valence-corrected chi connectivity index (χ0v) is 31.1. The van der Waals surface area contributed by atoms with Crippen molar-refractivity contribution < 1.29 is 0 Å². The van der Waals surface area contributed by atoms with Gasteiger partial charge in [0.2, 0.25) is 0 Å². The van der Waals surface area contributed by atoms with Crippen LogP contribution in [-0.4, -0.2) is 29.9 Å². The lowest BCUT2D eigenvalue weighted by atomic mass is 9.95. The largest absolute Gasteiger partial charge is 0.265 e. The summed E-state index contributed by atoms with van der Waals surface area (Å²) in [6.45, 7) is 2.06. The van der Waals surface area contributed by atoms with E-state index in [-0.39, 0.29) is 0 Å². The van der Waals surface area contributed by atoms with Gasteiger partial charge in [-0.15, -0.1) is 0 Å². The third-order valence-electron chi connectivity index (χ3n) is 10.3. The van der Waals surface area contributed by atoms with Gasteiger partial charge in [0, 0.05) is 51.1 Å². The standard InChI is InChI=1S/C51H34N6/c1-33-29-45(44-23-21-35-22-24-46(54-47(35)48(44)53-33)42-19-9-15-38(31-42)34-11-4-2-5-12-34)41-18-8-16-39(30-41)40-17-10-20-43(32-40)51-56-49(36-13-6-3-7-14-36)55-50(57-51)37-25-27-52-28-26-37/h2-32H,1H3. The molecule has 6 nitrogen and oxygen atoms in total. The normalized spacial score (nSPS) is 11.2. The fourth-order valence-electron chi connectivity index (χ4n) is 7.44. The first kappa shape index (κ1) is 33.8. The van der Waals surface area contributed by atoms with Crippen LogP contribution in [0.5, 0.6) is 0 Å². The molecule has 0 bridgehead atoms. The van der Waals surface area contributed by atoms with Gasteiger partial charge in [-0.2, -0.15) is 0 Å². The lowest BCUT2D eigenvalue weighted by molar-refractivity contribution is 1.07. The maximum atomic E-state index is 5.26. The molecule has 4 aromatic heterocycles. The van der Waals surface area contributed by atoms with Crippen LogP contribution in [0.4, 0.5) is 0 Å². The van der Waals surface area contributed by atoms with Crippen LogP contribution >= 0.6 is 0 Å². The fraction of sp³-hybridized carbons (Fsp3) is 0.0196. The average Bonchev–Trinajstić information content (AvgIpc) is 3.29. The number of rotatable bonds is 7. The lowest BCUT2D eigenvalue weighted by Gasteiger charge is -2.13. The van der Waals surface area contributed by atoms with E-state index in [1.165, 1.54) is 5.56 Å². The summed E-state index contributed by atoms with van der Waals surface area (Å²) in [5, 5.41) is 2.12. The maximum absolute atomic E-state index is 5.26. The third-order valence-corrected chi connectivity index (χ3v) is 10.3. The monoisotopic (exact) mass is 730 g/mol. The Bertz CT molecular complexity index is 3020. The summed E-state index contributed by atoms with van der Waals surface area (Å²) in [5.74, 6) is 1.83. The molecule has 4 heterocycles. The van der Waals surface area contributed by atoms with Crippen molar-refractivity contribution in [1.82, 2.24) is 29.9 Å². The Kier molecular flexibility index (Phi) is 8.61. The van der Waals surface area contributed by atoms with Crippen molar-refractivity contribution in [2.75, 3.05) is 0 Å². The highest BCUT2D eigenvalue weighted by Crippen LogP contribution is 2.36. The molecule has 0 saturated carbocycles. The molecular formula is C51H34N6. The first-order chi connectivity index (χ1) is 28.1. The summed E-state index contributed by atoms with van der Waals surface area (Å²) < 4.78 is 0. The molecule has 6 aromatic carbocycles. The van der Waals surface area contributed by atoms with Crippen molar-refractivity contribution >= 4 is 21.8 Å². The van der Waals surface area contributed by atoms with Gasteiger partial charge in [0.25, 0.3) is 0 Å². The predicted octanol–water partition coefficient (Wildman–Crippen LogP) is 12.3. The fourth-order valence-corrected chi connectivity index (χ4v) is 7.44. The number of aromatic nitrogens is 6. The smallest absolute Gasteiger partial charge is 0.164 e. The molecule has 0 N–H and O–H groups in total. The van der Waals surface area contributed by atoms with E-state index in [1.807, 2.05) is 48.5 Å². The van der Waals surface area contributed by atoms with Crippen LogP contribution in [0.25, 0.3) is 101 Å². The molecule has 0 aliphatic heterocycles. The first-order valence-electron chi connectivity index (χ1n) is 18.9. The number of nitrogens with zero attached hydrogens (tertiary/aromatic N) is 6. The molecule has 10 rings (SSSR count). The summed E-state index contributed by atoms with van der Waals surface area (Å²) in [6.07, 6.45) is 3.51. The van der Waals surface area contributed by atoms with Crippen LogP contribution in [0.2, 0.25) is 0 Å². The molecule has 0 aliphatic carbocycles. The molecule has 0 radical (unpaired) electrons. The average molecular weight is 731 g/mol. The lowest BCUT2D eigenvalue weighted by Crippen LogP contribution is -2.00. The molecule has 0 spiro atoms. The minimum atomic E-state index is 0.600. The van der Waals surface area contributed by atoms with E-state index in [1.54, 1.807) is 12.4 Å². The quantitative estimate of drug-likeness (QED) is 0.152. The van der Waals surface area contributed by atoms with Crippen LogP contribution in [0.15, 0.2) is 188 Å². The highest BCUT2D eigenvalue weighted by atomic mass is 15.0. The van der Waals surface area contributed by atoms with Crippen molar-refractivity contribution in [2.45, 2.75) is 6.92 Å². The highest BCUT2D eigenvalue weighted by molar-refractivity contribution is 6.09. The van der Waals surface area contributed by atoms with E-state index in [0.717, 1.165) is 83.3 Å². The second-order valence-corrected chi connectivity index (χ2v) is 14.1. The van der Waals surface area contributed by atoms with Crippen LogP contribution in [0.1, 0.15) is 5.69 Å². The second-order valence-electron chi connectivity index (χ2n) is 14.1. The Morgan fingerprint density at radius 3 is 1.54 bits per heavy atom. The zero-order chi connectivity index (χ0) is 38.1. The molecule has 0 unspecified atom stereocenters. The molecule has 57 heavy (non-hydrogen) atoms. The summed E-state index contributed by atoms with van der Waals surface area (Å²) in [6, 6.07) is 60.7. The molecule has 0 fully saturated rings. The molecule has 6 heteroatoms. The van der Waals surface area contributed by atoms with Crippen molar-refractivity contribution in [3.63, 3.8) is 0 Å². The Balaban J connectivity index is 1.04. The number of hydrogen-bond acceptors (Lipinski definition) is 6. The van der Waals surface area contributed by atoms with E-state index in [4.69, 9.17) is 24.9 Å². The van der Waals surface area contributed by atoms with Gasteiger partial charge in [0.1, 0.15) is 0 Å². The number of hydrogen-bond donors (Lipinski definition) is 0. The van der Waals surface area contributed by atoms with E-state index in [0.29, 0.717) is 17.5 Å². The Hall–Kier alpha value is -7.70. The van der Waals surface area contributed by atoms with Crippen molar-refractivity contribution in [2.24, 2.45) is 0 Å². The molecular weight excluding hydrogens is 697 g/mol. The van der Waals surface area contributed by atoms with Gasteiger partial charge in [0.15, 0.2) is 17.5 Å². The van der Waals surface area contributed by atoms with Crippen molar-refractivity contribution in [3.8, 4) is 78.8 Å². The van der Waals surface area contributed by atoms with Crippen molar-refractivity contribution in [1.29, 1.82) is 0 Å². The molecule has 0 saturated heterocycles. The van der Waals surface area contributed by atoms with Gasteiger partial charge in [0.05, 0.1) is 16.7 Å². The van der Waals surface area contributed by atoms with Crippen LogP contribution in [0.3, 0.4) is 0 Å². The Morgan fingerprint density at radius 1 is 0.333 bits per heavy atom. The van der Waals surface area contributed by atoms with Gasteiger partial charge < -0.3 is 0 Å². The van der Waals surface area contributed by atoms with E-state index in [2.05, 4.69) is 139 Å². The maximum Gasteiger partial charge on any atom is 0.164 e. The summed E-state index contributed by atoms with van der Waals surface area (Å²) >= 11 is 0. The van der Waals surface area contributed by atoms with Crippen molar-refractivity contribution in [3.05, 3.63) is 194 Å². The van der Waals surface area contributed by atoms with E-state index < -0.39 is 0 Å². The number of fused-ring (bicyclic) bond motifs is 3. The Morgan fingerprint density at radius 2 is 0.842 bits per heavy atom. The first-order valence-corrected chi connectivity index (χ1v) is 18.9. The zero-order valence-electron chi connectivity index (χ0n) is 31.1. The molecule has 10 aromatic rings. The SMILES string of the molecule is Cc1cc(-c2cccc(-c3cccc(-c4nc(-c5ccccc5)nc(-c5ccncc5)n4)c3)c2)c2ccc3ccc(-c4cccc(-c5ccccc5)c4)nc3c2n1. The van der Waals surface area contributed by atoms with Crippen LogP contribution < -0.4 is 0 Å². The van der Waals surface area contributed by atoms with Crippen LogP contribution in [-0.2, 0) is 0 Å². The van der Waals surface area contributed by atoms with E-state index >= 15 is 0 Å². The summed E-state index contributed by atoms with van der Waals surface area (Å²) in [7, 11) is 0. The number of aryl methyl sites for hydroxylation is 1. The minimum absolute atomic E-state index is 0.600. The molecule has 268 valence electrons. The summed E-state index contributed by atoms with van der Waals surface area (Å²) in [5.41, 5.74) is 14.1. The molecule has 0 amide bonds. The van der Waals surface area contributed by atoms with E-state index in [9.17, 15) is 0 Å². The second kappa shape index (κ2) is 14.5. The topological polar surface area (TPSA) is 77.3 Å². The number of pyridine rings is 3. The summed E-state index contributed by atoms with van der Waals surface area (Å²) in [4.78, 5) is 29.3. The molecule has 0 atom stereocenters. The van der Waals surface area contributed by atoms with Gasteiger partial charge in [-0.05, 0) is 82.8 Å². The Labute approximate surface area is 330 Å². The van der Waals surface area contributed by atoms with Crippen LogP contribution in [0, 0.1) is 6.92 Å². The number of benzene rings is 6. The van der Waals surface area contributed by atoms with Gasteiger partial charge in [-0.25, -0.2) is 19.9 Å². The van der Waals surface area contributed by atoms with Gasteiger partial charge in [-0.1, -0.05) is 133 Å². The molecule has 0 aliphatic rings. The predicted molar refractivity (Wildman–Crippen MR) is 231 cm³/mol. The third kappa shape index (κ3) is 6.70. The van der Waals surface area contributed by atoms with Gasteiger partial charge in [-0.3, -0.25) is 9.97 Å². The van der Waals surface area contributed by atoms with Gasteiger partial charge >= 0.3 is 0 Å².